The quantitative estimate of drug-likeness (QED) is 0.474. The fourth-order valence-corrected chi connectivity index (χ4v) is 0.619. The van der Waals surface area contributed by atoms with E-state index in [1.54, 1.807) is 6.20 Å². The van der Waals surface area contributed by atoms with E-state index >= 15 is 0 Å². The predicted molar refractivity (Wildman–Crippen MR) is 24.0 cm³/mol. The van der Waals surface area contributed by atoms with Crippen molar-refractivity contribution >= 4 is 19.9 Å². The second-order valence-electron chi connectivity index (χ2n) is 0.903. The van der Waals surface area contributed by atoms with Gasteiger partial charge in [-0.3, -0.25) is 0 Å². The van der Waals surface area contributed by atoms with Crippen LogP contribution in [0.25, 0.3) is 0 Å². The first-order valence-corrected chi connectivity index (χ1v) is 3.23. The fourth-order valence-electron chi connectivity index (χ4n) is 0.236. The minimum atomic E-state index is -0.507. The molecule has 2 N–H and O–H groups in total. The molecule has 0 saturated heterocycles. The van der Waals surface area contributed by atoms with Crippen LogP contribution in [0.15, 0.2) is 6.20 Å². The molecule has 0 aliphatic rings. The van der Waals surface area contributed by atoms with Crippen LogP contribution < -0.4 is 4.59 Å². The molecular weight excluding hydrogens is 161 g/mol. The average molecular weight is 164 g/mol. The van der Waals surface area contributed by atoms with Crippen LogP contribution in [0.2, 0.25) is 0 Å². The topological polar surface area (TPSA) is 61.8 Å². The zero-order valence-corrected chi connectivity index (χ0v) is 5.04. The first kappa shape index (κ1) is 4.77. The van der Waals surface area contributed by atoms with Gasteiger partial charge in [-0.1, -0.05) is 0 Å². The van der Waals surface area contributed by atoms with Crippen molar-refractivity contribution in [2.24, 2.45) is 0 Å². The van der Waals surface area contributed by atoms with Crippen molar-refractivity contribution in [3.05, 3.63) is 6.20 Å². The molecule has 0 atom stereocenters. The van der Waals surface area contributed by atoms with E-state index in [0.717, 1.165) is 0 Å². The number of nitrogens with zero attached hydrogens (tertiary/aromatic N) is 2. The first-order valence-electron chi connectivity index (χ1n) is 1.61. The maximum absolute atomic E-state index is 8.37. The van der Waals surface area contributed by atoms with Gasteiger partial charge in [0.25, 0.3) is 0 Å². The van der Waals surface area contributed by atoms with E-state index in [1.165, 1.54) is 0 Å². The van der Waals surface area contributed by atoms with Crippen molar-refractivity contribution in [3.8, 4) is 0 Å². The van der Waals surface area contributed by atoms with Gasteiger partial charge in [0, 0.05) is 0 Å². The standard InChI is InChI=1S/C2H3N3OSe/c6-7-2-1-3-5-4-2/h1,6H,(H,3,4,5). The molecule has 0 radical (unpaired) electrons. The second-order valence-corrected chi connectivity index (χ2v) is 2.16. The van der Waals surface area contributed by atoms with Gasteiger partial charge < -0.3 is 0 Å². The van der Waals surface area contributed by atoms with E-state index in [2.05, 4.69) is 15.4 Å². The molecule has 4 nitrogen and oxygen atoms in total. The molecule has 0 unspecified atom stereocenters. The molecule has 0 spiro atoms. The van der Waals surface area contributed by atoms with Crippen LogP contribution in [0.3, 0.4) is 0 Å². The summed E-state index contributed by atoms with van der Waals surface area (Å²) in [4.78, 5) is 0. The van der Waals surface area contributed by atoms with Crippen molar-refractivity contribution in [2.45, 2.75) is 0 Å². The number of aromatic amines is 1. The van der Waals surface area contributed by atoms with E-state index < -0.39 is 15.3 Å². The van der Waals surface area contributed by atoms with Gasteiger partial charge in [0.1, 0.15) is 0 Å². The van der Waals surface area contributed by atoms with E-state index in [0.29, 0.717) is 4.59 Å². The third kappa shape index (κ3) is 0.991. The molecule has 0 bridgehead atoms. The van der Waals surface area contributed by atoms with Gasteiger partial charge in [0.05, 0.1) is 0 Å². The SMILES string of the molecule is O[Se]c1c[nH]nn1. The fraction of sp³-hybridized carbons (Fsp3) is 0. The third-order valence-electron chi connectivity index (χ3n) is 0.488. The Kier molecular flexibility index (Phi) is 1.41. The van der Waals surface area contributed by atoms with Crippen LogP contribution >= 0.6 is 0 Å². The zero-order chi connectivity index (χ0) is 5.11. The molecule has 0 saturated carbocycles. The van der Waals surface area contributed by atoms with Crippen molar-refractivity contribution in [2.75, 3.05) is 0 Å². The van der Waals surface area contributed by atoms with Gasteiger partial charge in [-0.05, 0) is 0 Å². The molecule has 1 heterocycles. The van der Waals surface area contributed by atoms with E-state index in [1.807, 2.05) is 0 Å². The number of rotatable bonds is 1. The Bertz CT molecular complexity index is 127. The summed E-state index contributed by atoms with van der Waals surface area (Å²) in [5, 5.41) is 9.36. The van der Waals surface area contributed by atoms with Gasteiger partial charge >= 0.3 is 45.7 Å². The summed E-state index contributed by atoms with van der Waals surface area (Å²) >= 11 is -0.507. The molecule has 0 amide bonds. The van der Waals surface area contributed by atoms with E-state index in [-0.39, 0.29) is 0 Å². The molecule has 0 aliphatic heterocycles. The Morgan fingerprint density at radius 1 is 1.86 bits per heavy atom. The Morgan fingerprint density at radius 3 is 3.00 bits per heavy atom. The second kappa shape index (κ2) is 2.07. The summed E-state index contributed by atoms with van der Waals surface area (Å²) in [6.45, 7) is 0. The number of hydrogen-bond acceptors (Lipinski definition) is 3. The number of nitrogens with one attached hydrogen (secondary N) is 1. The molecular formula is C2H3N3OSe. The van der Waals surface area contributed by atoms with Gasteiger partial charge in [-0.25, -0.2) is 0 Å². The summed E-state index contributed by atoms with van der Waals surface area (Å²) in [5.41, 5.74) is 0. The van der Waals surface area contributed by atoms with Crippen LogP contribution in [-0.2, 0) is 0 Å². The Morgan fingerprint density at radius 2 is 2.71 bits per heavy atom. The van der Waals surface area contributed by atoms with Crippen LogP contribution in [-0.4, -0.2) is 34.9 Å². The average Bonchev–Trinajstić information content (AvgIpc) is 2.14. The molecule has 1 aromatic rings. The molecule has 1 aromatic heterocycles. The van der Waals surface area contributed by atoms with Gasteiger partial charge in [-0.2, -0.15) is 0 Å². The summed E-state index contributed by atoms with van der Waals surface area (Å²) in [5.74, 6) is 0. The molecule has 0 fully saturated rings. The number of hydrogen-bond donors (Lipinski definition) is 2. The van der Waals surface area contributed by atoms with Gasteiger partial charge in [0.2, 0.25) is 0 Å². The van der Waals surface area contributed by atoms with E-state index in [9.17, 15) is 0 Å². The van der Waals surface area contributed by atoms with Gasteiger partial charge in [-0.15, -0.1) is 0 Å². The molecule has 1 rings (SSSR count). The van der Waals surface area contributed by atoms with Crippen LogP contribution in [0.4, 0.5) is 0 Å². The summed E-state index contributed by atoms with van der Waals surface area (Å²) in [6, 6.07) is 0. The minimum absolute atomic E-state index is 0.507. The number of aromatic nitrogens is 3. The van der Waals surface area contributed by atoms with Crippen LogP contribution in [0.1, 0.15) is 0 Å². The van der Waals surface area contributed by atoms with E-state index in [4.69, 9.17) is 4.19 Å². The summed E-state index contributed by atoms with van der Waals surface area (Å²) in [6.07, 6.45) is 1.57. The van der Waals surface area contributed by atoms with Crippen molar-refractivity contribution < 1.29 is 4.19 Å². The molecule has 38 valence electrons. The van der Waals surface area contributed by atoms with Crippen LogP contribution in [0, 0.1) is 0 Å². The summed E-state index contributed by atoms with van der Waals surface area (Å²) in [7, 11) is 0. The van der Waals surface area contributed by atoms with Crippen molar-refractivity contribution in [3.63, 3.8) is 0 Å². The molecule has 0 aromatic carbocycles. The van der Waals surface area contributed by atoms with Crippen molar-refractivity contribution in [1.82, 2.24) is 15.4 Å². The normalized spacial score (nSPS) is 9.29. The first-order chi connectivity index (χ1) is 3.43. The monoisotopic (exact) mass is 165 g/mol. The third-order valence-corrected chi connectivity index (χ3v) is 1.30. The molecule has 0 aliphatic carbocycles. The van der Waals surface area contributed by atoms with Gasteiger partial charge in [0.15, 0.2) is 0 Å². The number of H-pyrrole nitrogens is 1. The molecule has 5 heteroatoms. The summed E-state index contributed by atoms with van der Waals surface area (Å²) < 4.78 is 9.00. The Hall–Kier alpha value is -0.381. The maximum atomic E-state index is 8.37. The zero-order valence-electron chi connectivity index (χ0n) is 3.33. The molecule has 7 heavy (non-hydrogen) atoms. The van der Waals surface area contributed by atoms with Crippen LogP contribution in [0.5, 0.6) is 0 Å². The Balaban J connectivity index is 2.76. The predicted octanol–water partition coefficient (Wildman–Crippen LogP) is -1.96. The van der Waals surface area contributed by atoms with Crippen molar-refractivity contribution in [1.29, 1.82) is 0 Å². The Labute approximate surface area is 46.4 Å².